The van der Waals surface area contributed by atoms with Crippen LogP contribution < -0.4 is 10.6 Å². The smallest absolute Gasteiger partial charge is 0.321 e. The van der Waals surface area contributed by atoms with E-state index in [4.69, 9.17) is 0 Å². The van der Waals surface area contributed by atoms with E-state index in [-0.39, 0.29) is 6.03 Å². The lowest BCUT2D eigenvalue weighted by Crippen LogP contribution is -2.38. The number of nitrogens with zero attached hydrogens (tertiary/aromatic N) is 1. The molecule has 1 saturated heterocycles. The number of hydrogen-bond donors (Lipinski definition) is 2. The zero-order valence-corrected chi connectivity index (χ0v) is 13.2. The molecule has 1 heterocycles. The van der Waals surface area contributed by atoms with Gasteiger partial charge in [0.05, 0.1) is 0 Å². The van der Waals surface area contributed by atoms with Gasteiger partial charge in [-0.05, 0) is 56.8 Å². The average molecular weight is 289 g/mol. The summed E-state index contributed by atoms with van der Waals surface area (Å²) < 4.78 is 0. The standard InChI is InChI=1S/C17H27N3O/c1-3-11-18-14(2)15-7-9-16(10-8-15)19-17(21)20-12-5-4-6-13-20/h7-10,14,18H,3-6,11-13H2,1-2H3,(H,19,21). The molecule has 2 rings (SSSR count). The normalized spacial score (nSPS) is 16.6. The minimum Gasteiger partial charge on any atom is -0.325 e. The molecule has 116 valence electrons. The van der Waals surface area contributed by atoms with Gasteiger partial charge >= 0.3 is 6.03 Å². The van der Waals surface area contributed by atoms with Gasteiger partial charge < -0.3 is 15.5 Å². The number of likely N-dealkylation sites (tertiary alicyclic amines) is 1. The number of amides is 2. The topological polar surface area (TPSA) is 44.4 Å². The Morgan fingerprint density at radius 2 is 1.86 bits per heavy atom. The number of urea groups is 1. The van der Waals surface area contributed by atoms with Crippen molar-refractivity contribution in [2.24, 2.45) is 0 Å². The lowest BCUT2D eigenvalue weighted by Gasteiger charge is -2.26. The van der Waals surface area contributed by atoms with E-state index in [0.29, 0.717) is 6.04 Å². The molecule has 0 aliphatic carbocycles. The van der Waals surface area contributed by atoms with E-state index in [0.717, 1.165) is 44.6 Å². The van der Waals surface area contributed by atoms with Gasteiger partial charge in [0.2, 0.25) is 0 Å². The molecule has 0 bridgehead atoms. The van der Waals surface area contributed by atoms with Gasteiger partial charge in [-0.3, -0.25) is 0 Å². The van der Waals surface area contributed by atoms with Gasteiger partial charge in [0, 0.05) is 24.8 Å². The van der Waals surface area contributed by atoms with Crippen LogP contribution >= 0.6 is 0 Å². The summed E-state index contributed by atoms with van der Waals surface area (Å²) in [6.45, 7) is 7.11. The van der Waals surface area contributed by atoms with E-state index in [1.165, 1.54) is 12.0 Å². The zero-order valence-electron chi connectivity index (χ0n) is 13.2. The molecule has 0 aromatic heterocycles. The Morgan fingerprint density at radius 3 is 2.48 bits per heavy atom. The number of benzene rings is 1. The first kappa shape index (κ1) is 15.8. The summed E-state index contributed by atoms with van der Waals surface area (Å²) >= 11 is 0. The van der Waals surface area contributed by atoms with E-state index in [1.807, 2.05) is 17.0 Å². The Bertz CT molecular complexity index is 438. The van der Waals surface area contributed by atoms with Crippen LogP contribution in [0.1, 0.15) is 51.1 Å². The van der Waals surface area contributed by atoms with Crippen LogP contribution in [0.3, 0.4) is 0 Å². The summed E-state index contributed by atoms with van der Waals surface area (Å²) in [5.74, 6) is 0. The van der Waals surface area contributed by atoms with E-state index in [9.17, 15) is 4.79 Å². The number of carbonyl (C=O) groups excluding carboxylic acids is 1. The summed E-state index contributed by atoms with van der Waals surface area (Å²) in [4.78, 5) is 14.0. The van der Waals surface area contributed by atoms with Gasteiger partial charge in [-0.1, -0.05) is 19.1 Å². The molecule has 4 heteroatoms. The van der Waals surface area contributed by atoms with Crippen LogP contribution in [-0.4, -0.2) is 30.6 Å². The van der Waals surface area contributed by atoms with Gasteiger partial charge in [-0.2, -0.15) is 0 Å². The first-order valence-electron chi connectivity index (χ1n) is 8.10. The number of anilines is 1. The highest BCUT2D eigenvalue weighted by Gasteiger charge is 2.16. The van der Waals surface area contributed by atoms with Gasteiger partial charge in [-0.15, -0.1) is 0 Å². The Hall–Kier alpha value is -1.55. The second-order valence-corrected chi connectivity index (χ2v) is 5.78. The molecule has 0 radical (unpaired) electrons. The number of piperidine rings is 1. The maximum Gasteiger partial charge on any atom is 0.321 e. The summed E-state index contributed by atoms with van der Waals surface area (Å²) in [7, 11) is 0. The molecule has 0 spiro atoms. The fourth-order valence-corrected chi connectivity index (χ4v) is 2.63. The third kappa shape index (κ3) is 4.74. The van der Waals surface area contributed by atoms with Crippen molar-refractivity contribution >= 4 is 11.7 Å². The maximum atomic E-state index is 12.1. The lowest BCUT2D eigenvalue weighted by atomic mass is 10.1. The second kappa shape index (κ2) is 8.03. The molecule has 21 heavy (non-hydrogen) atoms. The van der Waals surface area contributed by atoms with E-state index in [1.54, 1.807) is 0 Å². The minimum atomic E-state index is 0.0274. The first-order valence-corrected chi connectivity index (χ1v) is 8.10. The monoisotopic (exact) mass is 289 g/mol. The highest BCUT2D eigenvalue weighted by molar-refractivity contribution is 5.89. The van der Waals surface area contributed by atoms with Crippen molar-refractivity contribution in [3.63, 3.8) is 0 Å². The van der Waals surface area contributed by atoms with Crippen molar-refractivity contribution in [1.29, 1.82) is 0 Å². The molecule has 4 nitrogen and oxygen atoms in total. The molecule has 2 N–H and O–H groups in total. The van der Waals surface area contributed by atoms with Crippen molar-refractivity contribution in [3.05, 3.63) is 29.8 Å². The Kier molecular flexibility index (Phi) is 6.05. The minimum absolute atomic E-state index is 0.0274. The summed E-state index contributed by atoms with van der Waals surface area (Å²) in [5.41, 5.74) is 2.12. The summed E-state index contributed by atoms with van der Waals surface area (Å²) in [6.07, 6.45) is 4.61. The van der Waals surface area contributed by atoms with Crippen molar-refractivity contribution in [2.45, 2.75) is 45.6 Å². The van der Waals surface area contributed by atoms with Crippen molar-refractivity contribution < 1.29 is 4.79 Å². The molecule has 1 atom stereocenters. The van der Waals surface area contributed by atoms with Gasteiger partial charge in [0.1, 0.15) is 0 Å². The number of rotatable bonds is 5. The third-order valence-electron chi connectivity index (χ3n) is 4.01. The molecular weight excluding hydrogens is 262 g/mol. The van der Waals surface area contributed by atoms with E-state index in [2.05, 4.69) is 36.6 Å². The van der Waals surface area contributed by atoms with Crippen molar-refractivity contribution in [2.75, 3.05) is 25.0 Å². The van der Waals surface area contributed by atoms with Crippen LogP contribution in [0.4, 0.5) is 10.5 Å². The highest BCUT2D eigenvalue weighted by Crippen LogP contribution is 2.17. The number of hydrogen-bond acceptors (Lipinski definition) is 2. The van der Waals surface area contributed by atoms with Crippen LogP contribution in [0.25, 0.3) is 0 Å². The molecule has 1 unspecified atom stereocenters. The lowest BCUT2D eigenvalue weighted by molar-refractivity contribution is 0.200. The predicted molar refractivity (Wildman–Crippen MR) is 87.6 cm³/mol. The van der Waals surface area contributed by atoms with Crippen molar-refractivity contribution in [1.82, 2.24) is 10.2 Å². The number of carbonyl (C=O) groups is 1. The molecule has 1 aliphatic rings. The number of nitrogens with one attached hydrogen (secondary N) is 2. The fraction of sp³-hybridized carbons (Fsp3) is 0.588. The predicted octanol–water partition coefficient (Wildman–Crippen LogP) is 3.77. The fourth-order valence-electron chi connectivity index (χ4n) is 2.63. The molecule has 1 aromatic carbocycles. The Labute approximate surface area is 127 Å². The second-order valence-electron chi connectivity index (χ2n) is 5.78. The highest BCUT2D eigenvalue weighted by atomic mass is 16.2. The van der Waals surface area contributed by atoms with Crippen LogP contribution in [0.2, 0.25) is 0 Å². The Balaban J connectivity index is 1.88. The average Bonchev–Trinajstić information content (AvgIpc) is 2.54. The SMILES string of the molecule is CCCNC(C)c1ccc(NC(=O)N2CCCCC2)cc1. The van der Waals surface area contributed by atoms with Crippen LogP contribution in [0.15, 0.2) is 24.3 Å². The molecule has 1 fully saturated rings. The van der Waals surface area contributed by atoms with Crippen LogP contribution in [0.5, 0.6) is 0 Å². The van der Waals surface area contributed by atoms with Crippen LogP contribution in [0, 0.1) is 0 Å². The molecule has 1 aromatic rings. The van der Waals surface area contributed by atoms with Gasteiger partial charge in [-0.25, -0.2) is 4.79 Å². The molecular formula is C17H27N3O. The van der Waals surface area contributed by atoms with Gasteiger partial charge in [0.25, 0.3) is 0 Å². The first-order chi connectivity index (χ1) is 10.2. The zero-order chi connectivity index (χ0) is 15.1. The van der Waals surface area contributed by atoms with Gasteiger partial charge in [0.15, 0.2) is 0 Å². The molecule has 1 aliphatic heterocycles. The maximum absolute atomic E-state index is 12.1. The van der Waals surface area contributed by atoms with E-state index < -0.39 is 0 Å². The molecule has 2 amide bonds. The molecule has 0 saturated carbocycles. The van der Waals surface area contributed by atoms with Crippen molar-refractivity contribution in [3.8, 4) is 0 Å². The Morgan fingerprint density at radius 1 is 1.19 bits per heavy atom. The summed E-state index contributed by atoms with van der Waals surface area (Å²) in [6, 6.07) is 8.51. The third-order valence-corrected chi connectivity index (χ3v) is 4.01. The van der Waals surface area contributed by atoms with E-state index >= 15 is 0 Å². The summed E-state index contributed by atoms with van der Waals surface area (Å²) in [5, 5.41) is 6.45. The quantitative estimate of drug-likeness (QED) is 0.866. The largest absolute Gasteiger partial charge is 0.325 e. The van der Waals surface area contributed by atoms with Crippen LogP contribution in [-0.2, 0) is 0 Å².